The van der Waals surface area contributed by atoms with E-state index in [0.717, 1.165) is 11.8 Å². The van der Waals surface area contributed by atoms with Gasteiger partial charge in [-0.3, -0.25) is 4.79 Å². The lowest BCUT2D eigenvalue weighted by Gasteiger charge is -2.39. The van der Waals surface area contributed by atoms with Gasteiger partial charge in [-0.25, -0.2) is 18.2 Å². The van der Waals surface area contributed by atoms with Crippen molar-refractivity contribution < 1.29 is 27.9 Å². The first-order chi connectivity index (χ1) is 16.6. The molecule has 3 atom stereocenters. The fraction of sp³-hybridized carbons (Fsp3) is 0.577. The number of hydrogen-bond donors (Lipinski definition) is 1. The average Bonchev–Trinajstić information content (AvgIpc) is 3.37. The second-order valence-corrected chi connectivity index (χ2v) is 14.3. The fourth-order valence-corrected chi connectivity index (χ4v) is 7.29. The number of aromatic nitrogens is 1. The van der Waals surface area contributed by atoms with E-state index in [2.05, 4.69) is 4.98 Å². The second kappa shape index (κ2) is 10.1. The molecule has 36 heavy (non-hydrogen) atoms. The van der Waals surface area contributed by atoms with E-state index in [4.69, 9.17) is 4.74 Å². The minimum atomic E-state index is -3.46. The Labute approximate surface area is 217 Å². The van der Waals surface area contributed by atoms with Crippen molar-refractivity contribution in [3.8, 4) is 5.75 Å². The van der Waals surface area contributed by atoms with Gasteiger partial charge in [-0.15, -0.1) is 11.3 Å². The number of carboxylic acids is 1. The van der Waals surface area contributed by atoms with Gasteiger partial charge in [0.25, 0.3) is 5.91 Å². The summed E-state index contributed by atoms with van der Waals surface area (Å²) in [5.74, 6) is -1.98. The third-order valence-corrected chi connectivity index (χ3v) is 8.51. The third-order valence-electron chi connectivity index (χ3n) is 6.63. The van der Waals surface area contributed by atoms with E-state index in [0.29, 0.717) is 10.8 Å². The summed E-state index contributed by atoms with van der Waals surface area (Å²) in [6.45, 7) is 9.92. The number of benzene rings is 1. The molecule has 8 nitrogen and oxygen atoms in total. The summed E-state index contributed by atoms with van der Waals surface area (Å²) in [5.41, 5.74) is -0.600. The largest absolute Gasteiger partial charge is 0.496 e. The predicted octanol–water partition coefficient (Wildman–Crippen LogP) is 4.57. The van der Waals surface area contributed by atoms with Gasteiger partial charge in [-0.2, -0.15) is 0 Å². The number of thiazole rings is 1. The molecule has 0 unspecified atom stereocenters. The minimum absolute atomic E-state index is 0.0286. The van der Waals surface area contributed by atoms with Crippen LogP contribution >= 0.6 is 11.3 Å². The van der Waals surface area contributed by atoms with Crippen LogP contribution in [0.15, 0.2) is 29.8 Å². The van der Waals surface area contributed by atoms with Crippen molar-refractivity contribution in [1.82, 2.24) is 9.88 Å². The van der Waals surface area contributed by atoms with Crippen LogP contribution < -0.4 is 4.74 Å². The van der Waals surface area contributed by atoms with Crippen molar-refractivity contribution in [2.45, 2.75) is 64.5 Å². The quantitative estimate of drug-likeness (QED) is 0.526. The number of carbonyl (C=O) groups excluding carboxylic acids is 1. The molecule has 2 aromatic rings. The van der Waals surface area contributed by atoms with Crippen molar-refractivity contribution in [3.63, 3.8) is 0 Å². The number of aliphatic carboxylic acids is 1. The lowest BCUT2D eigenvalue weighted by molar-refractivity contribution is -0.150. The summed E-state index contributed by atoms with van der Waals surface area (Å²) >= 11 is 1.29. The van der Waals surface area contributed by atoms with E-state index in [1.54, 1.807) is 23.7 Å². The zero-order chi connectivity index (χ0) is 27.1. The van der Waals surface area contributed by atoms with Gasteiger partial charge in [0.2, 0.25) is 0 Å². The number of hydrogen-bond acceptors (Lipinski definition) is 7. The molecular formula is C26H36N2O6S2. The summed E-state index contributed by atoms with van der Waals surface area (Å²) in [4.78, 5) is 33.0. The molecule has 1 N–H and O–H groups in total. The fourth-order valence-electron chi connectivity index (χ4n) is 5.39. The van der Waals surface area contributed by atoms with Gasteiger partial charge < -0.3 is 14.7 Å². The average molecular weight is 537 g/mol. The second-order valence-electron chi connectivity index (χ2n) is 11.1. The minimum Gasteiger partial charge on any atom is -0.496 e. The predicted molar refractivity (Wildman–Crippen MR) is 140 cm³/mol. The third kappa shape index (κ3) is 5.59. The number of methoxy groups -OCH3 is 1. The van der Waals surface area contributed by atoms with E-state index >= 15 is 0 Å². The van der Waals surface area contributed by atoms with Gasteiger partial charge in [0.1, 0.15) is 26.1 Å². The molecule has 198 valence electrons. The maximum Gasteiger partial charge on any atom is 0.329 e. The molecule has 1 amide bonds. The van der Waals surface area contributed by atoms with Crippen LogP contribution in [0.4, 0.5) is 0 Å². The number of carbonyl (C=O) groups is 2. The van der Waals surface area contributed by atoms with Crippen LogP contribution in [-0.2, 0) is 20.0 Å². The van der Waals surface area contributed by atoms with E-state index in [9.17, 15) is 23.1 Å². The highest BCUT2D eigenvalue weighted by atomic mass is 32.2. The first-order valence-corrected chi connectivity index (χ1v) is 14.9. The van der Waals surface area contributed by atoms with Gasteiger partial charge in [0, 0.05) is 29.3 Å². The number of likely N-dealkylation sites (tertiary alicyclic amines) is 1. The van der Waals surface area contributed by atoms with Gasteiger partial charge in [0.05, 0.1) is 18.9 Å². The molecule has 1 fully saturated rings. The molecular weight excluding hydrogens is 500 g/mol. The molecule has 3 rings (SSSR count). The van der Waals surface area contributed by atoms with Crippen LogP contribution in [0.2, 0.25) is 0 Å². The summed E-state index contributed by atoms with van der Waals surface area (Å²) < 4.78 is 30.4. The van der Waals surface area contributed by atoms with Gasteiger partial charge >= 0.3 is 5.97 Å². The van der Waals surface area contributed by atoms with Gasteiger partial charge in [-0.1, -0.05) is 40.7 Å². The zero-order valence-electron chi connectivity index (χ0n) is 21.9. The van der Waals surface area contributed by atoms with Crippen molar-refractivity contribution in [1.29, 1.82) is 0 Å². The molecule has 1 aliphatic rings. The first kappa shape index (κ1) is 28.1. The number of sulfone groups is 1. The Morgan fingerprint density at radius 1 is 1.31 bits per heavy atom. The lowest BCUT2D eigenvalue weighted by Crippen LogP contribution is -2.54. The Morgan fingerprint density at radius 3 is 2.44 bits per heavy atom. The Bertz CT molecular complexity index is 1220. The van der Waals surface area contributed by atoms with Crippen LogP contribution in [0.25, 0.3) is 0 Å². The lowest BCUT2D eigenvalue weighted by atomic mass is 9.83. The Balaban J connectivity index is 2.24. The van der Waals surface area contributed by atoms with E-state index in [-0.39, 0.29) is 35.5 Å². The molecule has 0 aliphatic carbocycles. The van der Waals surface area contributed by atoms with Crippen molar-refractivity contribution in [2.24, 2.45) is 11.8 Å². The molecule has 0 spiro atoms. The van der Waals surface area contributed by atoms with Crippen LogP contribution in [0, 0.1) is 11.8 Å². The van der Waals surface area contributed by atoms with E-state index in [1.165, 1.54) is 23.3 Å². The maximum absolute atomic E-state index is 14.2. The molecule has 1 aliphatic heterocycles. The number of rotatable bonds is 8. The highest BCUT2D eigenvalue weighted by molar-refractivity contribution is 7.90. The van der Waals surface area contributed by atoms with E-state index in [1.807, 2.05) is 40.7 Å². The standard InChI is InChI=1S/C26H36N2O6S2/c1-16(2)13-26(24(30)31)14-18(15-36(7,32)33)21(22-27-10-11-35-22)28(26)23(29)17-8-9-19(25(3,4)5)20(12-17)34-6/h8-12,16,18,21H,13-15H2,1-7H3,(H,30,31)/t18-,21+,26-/m0/s1. The summed E-state index contributed by atoms with van der Waals surface area (Å²) in [5, 5.41) is 12.9. The molecule has 0 saturated carbocycles. The monoisotopic (exact) mass is 536 g/mol. The number of ether oxygens (including phenoxy) is 1. The van der Waals surface area contributed by atoms with Crippen LogP contribution in [0.5, 0.6) is 5.75 Å². The Morgan fingerprint density at radius 2 is 1.97 bits per heavy atom. The van der Waals surface area contributed by atoms with Crippen molar-refractivity contribution in [3.05, 3.63) is 45.9 Å². The van der Waals surface area contributed by atoms with Crippen LogP contribution in [0.1, 0.15) is 74.4 Å². The number of carboxylic acid groups (broad SMARTS) is 1. The number of amides is 1. The molecule has 0 radical (unpaired) electrons. The van der Waals surface area contributed by atoms with Crippen molar-refractivity contribution >= 4 is 33.1 Å². The molecule has 1 aromatic heterocycles. The van der Waals surface area contributed by atoms with Crippen LogP contribution in [0.3, 0.4) is 0 Å². The van der Waals surface area contributed by atoms with E-state index < -0.39 is 39.2 Å². The Hall–Kier alpha value is -2.46. The molecule has 1 saturated heterocycles. The van der Waals surface area contributed by atoms with Gasteiger partial charge in [0.15, 0.2) is 0 Å². The topological polar surface area (TPSA) is 114 Å². The SMILES string of the molecule is COc1cc(C(=O)N2[C@@H](c3nccs3)[C@H](CS(C)(=O)=O)C[C@@]2(CC(C)C)C(=O)O)ccc1C(C)(C)C. The maximum atomic E-state index is 14.2. The summed E-state index contributed by atoms with van der Waals surface area (Å²) in [7, 11) is -1.92. The summed E-state index contributed by atoms with van der Waals surface area (Å²) in [6, 6.07) is 4.39. The Kier molecular flexibility index (Phi) is 7.91. The van der Waals surface area contributed by atoms with Crippen molar-refractivity contribution in [2.75, 3.05) is 19.1 Å². The molecule has 2 heterocycles. The highest BCUT2D eigenvalue weighted by Crippen LogP contribution is 2.51. The number of nitrogens with zero attached hydrogens (tertiary/aromatic N) is 2. The highest BCUT2D eigenvalue weighted by Gasteiger charge is 2.60. The van der Waals surface area contributed by atoms with Gasteiger partial charge in [-0.05, 0) is 41.9 Å². The summed E-state index contributed by atoms with van der Waals surface area (Å²) in [6.07, 6.45) is 2.94. The van der Waals surface area contributed by atoms with Crippen LogP contribution in [-0.4, -0.2) is 59.9 Å². The molecule has 10 heteroatoms. The molecule has 0 bridgehead atoms. The smallest absolute Gasteiger partial charge is 0.329 e. The first-order valence-electron chi connectivity index (χ1n) is 11.9. The molecule has 1 aromatic carbocycles. The zero-order valence-corrected chi connectivity index (χ0v) is 23.6. The normalized spacial score (nSPS) is 22.7.